The molecule has 0 saturated heterocycles. The highest BCUT2D eigenvalue weighted by Crippen LogP contribution is 2.20. The topological polar surface area (TPSA) is 46.2 Å². The lowest BCUT2D eigenvalue weighted by molar-refractivity contribution is 0.601. The SMILES string of the molecule is CC(Nc1ccc(CCS(C)(=O)=O)cc1)c1ccc(F)cc1. The quantitative estimate of drug-likeness (QED) is 0.884. The third-order valence-corrected chi connectivity index (χ3v) is 4.41. The average molecular weight is 321 g/mol. The lowest BCUT2D eigenvalue weighted by Gasteiger charge is -2.16. The van der Waals surface area contributed by atoms with Crippen molar-refractivity contribution in [2.45, 2.75) is 19.4 Å². The molecule has 0 saturated carbocycles. The average Bonchev–Trinajstić information content (AvgIpc) is 2.46. The first kappa shape index (κ1) is 16.5. The van der Waals surface area contributed by atoms with E-state index in [1.54, 1.807) is 12.1 Å². The van der Waals surface area contributed by atoms with Crippen LogP contribution in [0.15, 0.2) is 48.5 Å². The summed E-state index contributed by atoms with van der Waals surface area (Å²) < 4.78 is 35.2. The summed E-state index contributed by atoms with van der Waals surface area (Å²) in [5.41, 5.74) is 2.94. The first-order valence-electron chi connectivity index (χ1n) is 7.12. The molecule has 1 unspecified atom stereocenters. The molecule has 1 N–H and O–H groups in total. The zero-order chi connectivity index (χ0) is 16.2. The Balaban J connectivity index is 1.97. The molecule has 0 fully saturated rings. The molecule has 0 aromatic heterocycles. The zero-order valence-corrected chi connectivity index (χ0v) is 13.5. The van der Waals surface area contributed by atoms with E-state index in [1.165, 1.54) is 18.4 Å². The third kappa shape index (κ3) is 5.15. The summed E-state index contributed by atoms with van der Waals surface area (Å²) in [7, 11) is -2.94. The molecule has 0 amide bonds. The lowest BCUT2D eigenvalue weighted by Crippen LogP contribution is -2.07. The van der Waals surface area contributed by atoms with E-state index in [2.05, 4.69) is 5.32 Å². The molecule has 2 aromatic rings. The minimum Gasteiger partial charge on any atom is -0.379 e. The number of anilines is 1. The van der Waals surface area contributed by atoms with Crippen LogP contribution in [0.25, 0.3) is 0 Å². The Morgan fingerprint density at radius 2 is 1.64 bits per heavy atom. The van der Waals surface area contributed by atoms with E-state index in [0.717, 1.165) is 16.8 Å². The van der Waals surface area contributed by atoms with E-state index in [1.807, 2.05) is 31.2 Å². The number of nitrogens with one attached hydrogen (secondary N) is 1. The van der Waals surface area contributed by atoms with Crippen LogP contribution >= 0.6 is 0 Å². The van der Waals surface area contributed by atoms with Crippen LogP contribution in [0.5, 0.6) is 0 Å². The van der Waals surface area contributed by atoms with Crippen LogP contribution in [-0.2, 0) is 16.3 Å². The molecule has 0 aliphatic heterocycles. The highest BCUT2D eigenvalue weighted by Gasteiger charge is 2.06. The summed E-state index contributed by atoms with van der Waals surface area (Å²) in [6.07, 6.45) is 1.76. The van der Waals surface area contributed by atoms with Crippen molar-refractivity contribution in [3.8, 4) is 0 Å². The van der Waals surface area contributed by atoms with Gasteiger partial charge >= 0.3 is 0 Å². The van der Waals surface area contributed by atoms with Crippen molar-refractivity contribution in [2.24, 2.45) is 0 Å². The van der Waals surface area contributed by atoms with E-state index < -0.39 is 9.84 Å². The Morgan fingerprint density at radius 3 is 2.18 bits per heavy atom. The van der Waals surface area contributed by atoms with Gasteiger partial charge in [-0.3, -0.25) is 0 Å². The molecular weight excluding hydrogens is 301 g/mol. The molecule has 0 bridgehead atoms. The Kier molecular flexibility index (Phi) is 5.19. The summed E-state index contributed by atoms with van der Waals surface area (Å²) in [4.78, 5) is 0. The zero-order valence-electron chi connectivity index (χ0n) is 12.7. The van der Waals surface area contributed by atoms with Crippen LogP contribution in [0.1, 0.15) is 24.1 Å². The van der Waals surface area contributed by atoms with E-state index in [9.17, 15) is 12.8 Å². The molecule has 0 heterocycles. The second-order valence-electron chi connectivity index (χ2n) is 5.49. The minimum absolute atomic E-state index is 0.0578. The van der Waals surface area contributed by atoms with Crippen molar-refractivity contribution in [3.05, 3.63) is 65.5 Å². The monoisotopic (exact) mass is 321 g/mol. The van der Waals surface area contributed by atoms with Gasteiger partial charge in [0.2, 0.25) is 0 Å². The minimum atomic E-state index is -2.94. The maximum Gasteiger partial charge on any atom is 0.147 e. The summed E-state index contributed by atoms with van der Waals surface area (Å²) in [5.74, 6) is -0.0858. The highest BCUT2D eigenvalue weighted by atomic mass is 32.2. The van der Waals surface area contributed by atoms with Crippen LogP contribution in [0.2, 0.25) is 0 Å². The summed E-state index contributed by atoms with van der Waals surface area (Å²) in [6.45, 7) is 2.00. The number of sulfone groups is 1. The normalized spacial score (nSPS) is 12.9. The van der Waals surface area contributed by atoms with Gasteiger partial charge in [0.05, 0.1) is 5.75 Å². The number of halogens is 1. The standard InChI is InChI=1S/C17H20FNO2S/c1-13(15-5-7-16(18)8-6-15)19-17-9-3-14(4-10-17)11-12-22(2,20)21/h3-10,13,19H,11-12H2,1-2H3. The molecule has 0 radical (unpaired) electrons. The molecule has 2 aromatic carbocycles. The number of rotatable bonds is 6. The van der Waals surface area contributed by atoms with Crippen molar-refractivity contribution in [2.75, 3.05) is 17.3 Å². The Hall–Kier alpha value is -1.88. The van der Waals surface area contributed by atoms with E-state index in [4.69, 9.17) is 0 Å². The van der Waals surface area contributed by atoms with Gasteiger partial charge in [-0.25, -0.2) is 12.8 Å². The fourth-order valence-electron chi connectivity index (χ4n) is 2.16. The van der Waals surface area contributed by atoms with Gasteiger partial charge in [-0.05, 0) is 48.7 Å². The number of benzene rings is 2. The maximum atomic E-state index is 12.9. The van der Waals surface area contributed by atoms with Crippen molar-refractivity contribution in [3.63, 3.8) is 0 Å². The van der Waals surface area contributed by atoms with Crippen molar-refractivity contribution < 1.29 is 12.8 Å². The molecule has 0 aliphatic rings. The van der Waals surface area contributed by atoms with Gasteiger partial charge in [-0.15, -0.1) is 0 Å². The van der Waals surface area contributed by atoms with E-state index in [-0.39, 0.29) is 17.6 Å². The van der Waals surface area contributed by atoms with Crippen molar-refractivity contribution in [1.82, 2.24) is 0 Å². The Morgan fingerprint density at radius 1 is 1.05 bits per heavy atom. The Labute approximate surface area is 131 Å². The van der Waals surface area contributed by atoms with Gasteiger partial charge in [0, 0.05) is 18.0 Å². The molecule has 0 aliphatic carbocycles. The fourth-order valence-corrected chi connectivity index (χ4v) is 2.76. The van der Waals surface area contributed by atoms with Gasteiger partial charge in [0.25, 0.3) is 0 Å². The number of aryl methyl sites for hydroxylation is 1. The predicted octanol–water partition coefficient (Wildman–Crippen LogP) is 3.59. The lowest BCUT2D eigenvalue weighted by atomic mass is 10.1. The summed E-state index contributed by atoms with van der Waals surface area (Å²) in [5, 5.41) is 3.34. The summed E-state index contributed by atoms with van der Waals surface area (Å²) >= 11 is 0. The second kappa shape index (κ2) is 6.92. The number of hydrogen-bond donors (Lipinski definition) is 1. The first-order valence-corrected chi connectivity index (χ1v) is 9.18. The van der Waals surface area contributed by atoms with Crippen LogP contribution in [0.3, 0.4) is 0 Å². The van der Waals surface area contributed by atoms with E-state index >= 15 is 0 Å². The maximum absolute atomic E-state index is 12.9. The fraction of sp³-hybridized carbons (Fsp3) is 0.294. The van der Waals surface area contributed by atoms with Crippen LogP contribution in [0, 0.1) is 5.82 Å². The number of hydrogen-bond acceptors (Lipinski definition) is 3. The highest BCUT2D eigenvalue weighted by molar-refractivity contribution is 7.90. The first-order chi connectivity index (χ1) is 10.3. The Bertz CT molecular complexity index is 709. The molecule has 0 spiro atoms. The second-order valence-corrected chi connectivity index (χ2v) is 7.75. The molecule has 3 nitrogen and oxygen atoms in total. The molecular formula is C17H20FNO2S. The van der Waals surface area contributed by atoms with Gasteiger partial charge in [-0.2, -0.15) is 0 Å². The van der Waals surface area contributed by atoms with Crippen LogP contribution in [0.4, 0.5) is 10.1 Å². The van der Waals surface area contributed by atoms with Crippen molar-refractivity contribution in [1.29, 1.82) is 0 Å². The molecule has 2 rings (SSSR count). The van der Waals surface area contributed by atoms with Crippen molar-refractivity contribution >= 4 is 15.5 Å². The smallest absolute Gasteiger partial charge is 0.147 e. The van der Waals surface area contributed by atoms with Crippen LogP contribution < -0.4 is 5.32 Å². The van der Waals surface area contributed by atoms with Gasteiger partial charge in [0.15, 0.2) is 0 Å². The molecule has 5 heteroatoms. The van der Waals surface area contributed by atoms with Gasteiger partial charge in [-0.1, -0.05) is 24.3 Å². The summed E-state index contributed by atoms with van der Waals surface area (Å²) in [6, 6.07) is 14.2. The molecule has 22 heavy (non-hydrogen) atoms. The largest absolute Gasteiger partial charge is 0.379 e. The predicted molar refractivity (Wildman–Crippen MR) is 88.3 cm³/mol. The molecule has 118 valence electrons. The third-order valence-electron chi connectivity index (χ3n) is 3.47. The van der Waals surface area contributed by atoms with Gasteiger partial charge in [0.1, 0.15) is 15.7 Å². The van der Waals surface area contributed by atoms with Crippen LogP contribution in [-0.4, -0.2) is 20.4 Å². The van der Waals surface area contributed by atoms with Gasteiger partial charge < -0.3 is 5.32 Å². The molecule has 1 atom stereocenters. The van der Waals surface area contributed by atoms with E-state index in [0.29, 0.717) is 6.42 Å².